The van der Waals surface area contributed by atoms with Crippen molar-refractivity contribution < 1.29 is 13.2 Å². The van der Waals surface area contributed by atoms with Gasteiger partial charge in [-0.1, -0.05) is 24.3 Å². The van der Waals surface area contributed by atoms with Gasteiger partial charge in [-0.3, -0.25) is 4.99 Å². The summed E-state index contributed by atoms with van der Waals surface area (Å²) in [4.78, 5) is 5.09. The van der Waals surface area contributed by atoms with Crippen LogP contribution in [0.25, 0.3) is 0 Å². The molecule has 0 bridgehead atoms. The Balaban J connectivity index is 1.51. The van der Waals surface area contributed by atoms with Gasteiger partial charge in [-0.15, -0.1) is 11.3 Å². The molecule has 0 amide bonds. The Kier molecular flexibility index (Phi) is 6.86. The molecule has 1 aromatic heterocycles. The molecule has 0 atom stereocenters. The van der Waals surface area contributed by atoms with Crippen molar-refractivity contribution in [3.63, 3.8) is 0 Å². The van der Waals surface area contributed by atoms with Crippen molar-refractivity contribution in [1.82, 2.24) is 4.72 Å². The molecule has 3 aromatic rings. The molecule has 152 valence electrons. The van der Waals surface area contributed by atoms with E-state index in [0.717, 1.165) is 10.6 Å². The molecule has 0 aliphatic heterocycles. The second kappa shape index (κ2) is 9.55. The van der Waals surface area contributed by atoms with Gasteiger partial charge < -0.3 is 15.8 Å². The Hall–Kier alpha value is -2.88. The number of rotatable bonds is 8. The Morgan fingerprint density at radius 3 is 2.55 bits per heavy atom. The maximum atomic E-state index is 12.2. The van der Waals surface area contributed by atoms with Gasteiger partial charge in [0.15, 0.2) is 5.96 Å². The predicted octanol–water partition coefficient (Wildman–Crippen LogP) is 3.55. The first-order valence-corrected chi connectivity index (χ1v) is 11.2. The number of nitrogens with one attached hydrogen (secondary N) is 2. The number of guanidine groups is 1. The maximum Gasteiger partial charge on any atom is 0.250 e. The van der Waals surface area contributed by atoms with Gasteiger partial charge in [0.1, 0.15) is 15.7 Å². The third-order valence-corrected chi connectivity index (χ3v) is 6.71. The molecule has 2 aromatic carbocycles. The molecule has 0 aliphatic carbocycles. The zero-order chi connectivity index (χ0) is 20.7. The van der Waals surface area contributed by atoms with Crippen LogP contribution in [0, 0.1) is 6.92 Å². The number of sulfonamides is 1. The minimum atomic E-state index is -3.51. The van der Waals surface area contributed by atoms with Crippen LogP contribution in [0.2, 0.25) is 0 Å². The van der Waals surface area contributed by atoms with Gasteiger partial charge in [0.25, 0.3) is 0 Å². The van der Waals surface area contributed by atoms with Crippen LogP contribution >= 0.6 is 11.3 Å². The van der Waals surface area contributed by atoms with E-state index >= 15 is 0 Å². The van der Waals surface area contributed by atoms with Crippen molar-refractivity contribution in [3.05, 3.63) is 71.6 Å². The first-order valence-electron chi connectivity index (χ1n) is 8.88. The maximum absolute atomic E-state index is 12.2. The topological polar surface area (TPSA) is 106 Å². The summed E-state index contributed by atoms with van der Waals surface area (Å²) in [6.45, 7) is 2.22. The summed E-state index contributed by atoms with van der Waals surface area (Å²) in [7, 11) is -3.51. The van der Waals surface area contributed by atoms with Crippen molar-refractivity contribution >= 4 is 33.0 Å². The minimum Gasteiger partial charge on any atom is -0.457 e. The van der Waals surface area contributed by atoms with E-state index in [9.17, 15) is 8.42 Å². The molecule has 0 spiro atoms. The van der Waals surface area contributed by atoms with E-state index in [2.05, 4.69) is 15.0 Å². The van der Waals surface area contributed by atoms with E-state index in [-0.39, 0.29) is 19.0 Å². The zero-order valence-electron chi connectivity index (χ0n) is 15.8. The molecule has 0 radical (unpaired) electrons. The van der Waals surface area contributed by atoms with E-state index in [4.69, 9.17) is 10.5 Å². The van der Waals surface area contributed by atoms with Crippen LogP contribution < -0.4 is 20.5 Å². The average molecular weight is 431 g/mol. The van der Waals surface area contributed by atoms with Crippen molar-refractivity contribution in [1.29, 1.82) is 0 Å². The summed E-state index contributed by atoms with van der Waals surface area (Å²) in [5, 5.41) is 2.97. The number of nitrogens with two attached hydrogens (primary N) is 1. The number of anilines is 1. The molecule has 7 nitrogen and oxygen atoms in total. The van der Waals surface area contributed by atoms with Gasteiger partial charge in [-0.05, 0) is 43.3 Å². The Morgan fingerprint density at radius 2 is 1.83 bits per heavy atom. The third-order valence-electron chi connectivity index (χ3n) is 3.75. The summed E-state index contributed by atoms with van der Waals surface area (Å²) in [5.41, 5.74) is 6.61. The van der Waals surface area contributed by atoms with Crippen molar-refractivity contribution in [2.45, 2.75) is 11.1 Å². The third kappa shape index (κ3) is 6.31. The van der Waals surface area contributed by atoms with Gasteiger partial charge >= 0.3 is 0 Å². The number of aryl methyl sites for hydroxylation is 1. The van der Waals surface area contributed by atoms with Gasteiger partial charge in [0.2, 0.25) is 10.0 Å². The Labute approximate surface area is 174 Å². The van der Waals surface area contributed by atoms with Crippen LogP contribution in [0.1, 0.15) is 4.88 Å². The first-order chi connectivity index (χ1) is 13.9. The monoisotopic (exact) mass is 430 g/mol. The lowest BCUT2D eigenvalue weighted by molar-refractivity contribution is 0.483. The lowest BCUT2D eigenvalue weighted by atomic mass is 10.3. The quantitative estimate of drug-likeness (QED) is 0.288. The fraction of sp³-hybridized carbons (Fsp3) is 0.150. The van der Waals surface area contributed by atoms with Gasteiger partial charge in [-0.2, -0.15) is 0 Å². The average Bonchev–Trinajstić information content (AvgIpc) is 3.14. The van der Waals surface area contributed by atoms with Crippen LogP contribution in [0.3, 0.4) is 0 Å². The van der Waals surface area contributed by atoms with E-state index < -0.39 is 10.0 Å². The molecule has 1 heterocycles. The summed E-state index contributed by atoms with van der Waals surface area (Å²) in [5.74, 6) is 1.58. The largest absolute Gasteiger partial charge is 0.457 e. The summed E-state index contributed by atoms with van der Waals surface area (Å²) in [6.07, 6.45) is 0. The molecule has 0 unspecified atom stereocenters. The summed E-state index contributed by atoms with van der Waals surface area (Å²) < 4.78 is 32.9. The Morgan fingerprint density at radius 1 is 1.07 bits per heavy atom. The van der Waals surface area contributed by atoms with Crippen molar-refractivity contribution in [2.75, 3.05) is 18.4 Å². The van der Waals surface area contributed by atoms with E-state index in [1.54, 1.807) is 18.2 Å². The second-order valence-corrected chi connectivity index (χ2v) is 9.38. The number of thiophene rings is 1. The molecule has 4 N–H and O–H groups in total. The molecule has 0 saturated carbocycles. The van der Waals surface area contributed by atoms with Crippen LogP contribution in [0.15, 0.2) is 75.9 Å². The molecule has 29 heavy (non-hydrogen) atoms. The molecule has 0 fully saturated rings. The molecular formula is C20H22N4O3S2. The summed E-state index contributed by atoms with van der Waals surface area (Å²) in [6, 6.07) is 20.1. The first kappa shape index (κ1) is 20.8. The second-order valence-electron chi connectivity index (χ2n) is 6.10. The van der Waals surface area contributed by atoms with Crippen LogP contribution in [-0.2, 0) is 10.0 Å². The fourth-order valence-electron chi connectivity index (χ4n) is 2.43. The smallest absolute Gasteiger partial charge is 0.250 e. The number of benzene rings is 2. The predicted molar refractivity (Wildman–Crippen MR) is 117 cm³/mol. The number of aliphatic imine (C=N–C) groups is 1. The number of hydrogen-bond acceptors (Lipinski definition) is 5. The summed E-state index contributed by atoms with van der Waals surface area (Å²) >= 11 is 1.23. The SMILES string of the molecule is Cc1ccc(S(=O)(=O)NCCN=C(N)Nc2cccc(Oc3ccccc3)c2)s1. The van der Waals surface area contributed by atoms with Gasteiger partial charge in [-0.25, -0.2) is 13.1 Å². The lowest BCUT2D eigenvalue weighted by Gasteiger charge is -2.09. The molecule has 9 heteroatoms. The van der Waals surface area contributed by atoms with Gasteiger partial charge in [0, 0.05) is 23.2 Å². The Bertz CT molecular complexity index is 1080. The highest BCUT2D eigenvalue weighted by molar-refractivity contribution is 7.91. The standard InChI is InChI=1S/C20H22N4O3S2/c1-15-10-11-19(28-15)29(25,26)23-13-12-22-20(21)24-16-6-5-9-18(14-16)27-17-7-3-2-4-8-17/h2-11,14,23H,12-13H2,1H3,(H3,21,22,24). The fourth-order valence-corrected chi connectivity index (χ4v) is 4.78. The van der Waals surface area contributed by atoms with Crippen LogP contribution in [0.5, 0.6) is 11.5 Å². The van der Waals surface area contributed by atoms with E-state index in [1.165, 1.54) is 11.3 Å². The van der Waals surface area contributed by atoms with Crippen molar-refractivity contribution in [2.24, 2.45) is 10.7 Å². The van der Waals surface area contributed by atoms with Gasteiger partial charge in [0.05, 0.1) is 6.54 Å². The highest BCUT2D eigenvalue weighted by atomic mass is 32.2. The number of para-hydroxylation sites is 1. The van der Waals surface area contributed by atoms with Crippen LogP contribution in [-0.4, -0.2) is 27.5 Å². The lowest BCUT2D eigenvalue weighted by Crippen LogP contribution is -2.28. The van der Waals surface area contributed by atoms with E-state index in [0.29, 0.717) is 15.6 Å². The van der Waals surface area contributed by atoms with Crippen molar-refractivity contribution in [3.8, 4) is 11.5 Å². The van der Waals surface area contributed by atoms with E-state index in [1.807, 2.05) is 55.5 Å². The normalized spacial score (nSPS) is 12.0. The molecular weight excluding hydrogens is 408 g/mol. The zero-order valence-corrected chi connectivity index (χ0v) is 17.5. The molecule has 0 aliphatic rings. The highest BCUT2D eigenvalue weighted by Gasteiger charge is 2.14. The molecule has 0 saturated heterocycles. The molecule has 3 rings (SSSR count). The number of ether oxygens (including phenoxy) is 1. The number of hydrogen-bond donors (Lipinski definition) is 3. The number of nitrogens with zero attached hydrogens (tertiary/aromatic N) is 1. The minimum absolute atomic E-state index is 0.152. The highest BCUT2D eigenvalue weighted by Crippen LogP contribution is 2.23. The van der Waals surface area contributed by atoms with Crippen LogP contribution in [0.4, 0.5) is 5.69 Å².